The van der Waals surface area contributed by atoms with Crippen LogP contribution in [-0.2, 0) is 0 Å². The molecule has 0 aliphatic heterocycles. The molecule has 1 aliphatic rings. The van der Waals surface area contributed by atoms with Crippen LogP contribution in [0.15, 0.2) is 42.9 Å². The Kier molecular flexibility index (Phi) is 4.96. The molecule has 0 atom stereocenters. The van der Waals surface area contributed by atoms with Gasteiger partial charge in [-0.1, -0.05) is 0 Å². The number of hydrogen-bond acceptors (Lipinski definition) is 4. The first-order valence-electron chi connectivity index (χ1n) is 9.27. The first kappa shape index (κ1) is 19.0. The van der Waals surface area contributed by atoms with Gasteiger partial charge in [-0.3, -0.25) is 9.78 Å². The number of amides is 1. The van der Waals surface area contributed by atoms with Gasteiger partial charge in [0.05, 0.1) is 17.9 Å². The number of rotatable bonds is 5. The predicted octanol–water partition coefficient (Wildman–Crippen LogP) is 4.83. The summed E-state index contributed by atoms with van der Waals surface area (Å²) in [5, 5.41) is 2.63. The second-order valence-corrected chi connectivity index (χ2v) is 7.09. The van der Waals surface area contributed by atoms with Crippen LogP contribution in [0.5, 0.6) is 5.75 Å². The highest BCUT2D eigenvalue weighted by Crippen LogP contribution is 2.33. The molecule has 1 N–H and O–H groups in total. The van der Waals surface area contributed by atoms with E-state index in [1.165, 1.54) is 25.4 Å². The van der Waals surface area contributed by atoms with Gasteiger partial charge in [0.25, 0.3) is 5.91 Å². The lowest BCUT2D eigenvalue weighted by atomic mass is 10.0. The van der Waals surface area contributed by atoms with Gasteiger partial charge in [0.2, 0.25) is 0 Å². The number of anilines is 1. The Labute approximate surface area is 166 Å². The number of hydrogen-bond donors (Lipinski definition) is 1. The van der Waals surface area contributed by atoms with Gasteiger partial charge in [0.1, 0.15) is 23.2 Å². The second kappa shape index (κ2) is 7.58. The number of nitrogens with one attached hydrogen (secondary N) is 1. The summed E-state index contributed by atoms with van der Waals surface area (Å²) in [6, 6.07) is 6.30. The molecule has 1 fully saturated rings. The van der Waals surface area contributed by atoms with E-state index >= 15 is 0 Å². The number of carbonyl (C=O) groups excluding carboxylic acids is 1. The maximum Gasteiger partial charge on any atom is 0.258 e. The van der Waals surface area contributed by atoms with E-state index < -0.39 is 11.7 Å². The Morgan fingerprint density at radius 3 is 2.59 bits per heavy atom. The first-order valence-corrected chi connectivity index (χ1v) is 9.27. The van der Waals surface area contributed by atoms with Crippen molar-refractivity contribution in [3.63, 3.8) is 0 Å². The Morgan fingerprint density at radius 2 is 1.86 bits per heavy atom. The molecule has 1 saturated carbocycles. The van der Waals surface area contributed by atoms with E-state index in [-0.39, 0.29) is 28.9 Å². The van der Waals surface area contributed by atoms with Crippen LogP contribution in [0, 0.1) is 25.5 Å². The van der Waals surface area contributed by atoms with Crippen LogP contribution in [0.1, 0.15) is 34.3 Å². The summed E-state index contributed by atoms with van der Waals surface area (Å²) < 4.78 is 33.8. The number of benzene rings is 1. The molecule has 4 rings (SSSR count). The van der Waals surface area contributed by atoms with Crippen LogP contribution in [0.4, 0.5) is 14.6 Å². The molecule has 5 nitrogen and oxygen atoms in total. The molecular weight excluding hydrogens is 376 g/mol. The van der Waals surface area contributed by atoms with Gasteiger partial charge in [0.15, 0.2) is 0 Å². The molecule has 0 radical (unpaired) electrons. The van der Waals surface area contributed by atoms with Gasteiger partial charge >= 0.3 is 0 Å². The van der Waals surface area contributed by atoms with Gasteiger partial charge in [0, 0.05) is 29.1 Å². The van der Waals surface area contributed by atoms with Crippen molar-refractivity contribution in [3.05, 3.63) is 71.2 Å². The first-order chi connectivity index (χ1) is 13.9. The normalized spacial score (nSPS) is 13.2. The van der Waals surface area contributed by atoms with E-state index in [0.29, 0.717) is 16.9 Å². The van der Waals surface area contributed by atoms with E-state index in [1.807, 2.05) is 0 Å². The van der Waals surface area contributed by atoms with Crippen LogP contribution in [-0.4, -0.2) is 22.0 Å². The van der Waals surface area contributed by atoms with Crippen molar-refractivity contribution in [2.24, 2.45) is 0 Å². The predicted molar refractivity (Wildman–Crippen MR) is 105 cm³/mol. The van der Waals surface area contributed by atoms with Crippen LogP contribution in [0.25, 0.3) is 11.1 Å². The van der Waals surface area contributed by atoms with Crippen LogP contribution in [0.2, 0.25) is 0 Å². The molecule has 0 saturated heterocycles. The third-order valence-corrected chi connectivity index (χ3v) is 4.81. The maximum atomic E-state index is 14.4. The Balaban J connectivity index is 1.58. The topological polar surface area (TPSA) is 64.1 Å². The molecule has 7 heteroatoms. The van der Waals surface area contributed by atoms with E-state index in [1.54, 1.807) is 25.1 Å². The van der Waals surface area contributed by atoms with Crippen LogP contribution < -0.4 is 10.1 Å². The maximum absolute atomic E-state index is 14.4. The van der Waals surface area contributed by atoms with E-state index in [2.05, 4.69) is 15.3 Å². The largest absolute Gasteiger partial charge is 0.490 e. The van der Waals surface area contributed by atoms with Gasteiger partial charge in [-0.2, -0.15) is 0 Å². The fourth-order valence-electron chi connectivity index (χ4n) is 2.98. The number of aryl methyl sites for hydroxylation is 1. The zero-order chi connectivity index (χ0) is 20.5. The molecule has 3 aromatic rings. The molecule has 0 bridgehead atoms. The van der Waals surface area contributed by atoms with Crippen molar-refractivity contribution in [2.45, 2.75) is 32.8 Å². The number of aromatic nitrogens is 2. The quantitative estimate of drug-likeness (QED) is 0.672. The summed E-state index contributed by atoms with van der Waals surface area (Å²) in [5.41, 5.74) is 2.05. The zero-order valence-electron chi connectivity index (χ0n) is 16.0. The van der Waals surface area contributed by atoms with Crippen molar-refractivity contribution in [1.29, 1.82) is 0 Å². The summed E-state index contributed by atoms with van der Waals surface area (Å²) in [6.45, 7) is 3.31. The lowest BCUT2D eigenvalue weighted by Gasteiger charge is -2.12. The number of pyridine rings is 2. The zero-order valence-corrected chi connectivity index (χ0v) is 16.0. The van der Waals surface area contributed by atoms with Crippen molar-refractivity contribution in [2.75, 3.05) is 5.32 Å². The number of carbonyl (C=O) groups is 1. The average Bonchev–Trinajstić information content (AvgIpc) is 3.50. The summed E-state index contributed by atoms with van der Waals surface area (Å²) in [5.74, 6) is -0.544. The lowest BCUT2D eigenvalue weighted by molar-refractivity contribution is 0.102. The van der Waals surface area contributed by atoms with Gasteiger partial charge < -0.3 is 10.1 Å². The lowest BCUT2D eigenvalue weighted by Crippen LogP contribution is -2.15. The van der Waals surface area contributed by atoms with Crippen molar-refractivity contribution < 1.29 is 18.3 Å². The standard InChI is InChI=1S/C22H19F2N3O2/c1-12-7-21(27-22(28)18-9-25-11-20(24)13(18)2)26-10-17(12)16-8-15(5-6-19(16)23)29-14-3-4-14/h5-11,14H,3-4H2,1-2H3,(H,26,27,28). The molecule has 0 spiro atoms. The third kappa shape index (κ3) is 4.08. The van der Waals surface area contributed by atoms with Crippen molar-refractivity contribution >= 4 is 11.7 Å². The molecule has 2 aromatic heterocycles. The second-order valence-electron chi connectivity index (χ2n) is 7.09. The molecular formula is C22H19F2N3O2. The number of ether oxygens (including phenoxy) is 1. The highest BCUT2D eigenvalue weighted by atomic mass is 19.1. The molecule has 0 unspecified atom stereocenters. The van der Waals surface area contributed by atoms with E-state index in [4.69, 9.17) is 4.74 Å². The van der Waals surface area contributed by atoms with E-state index in [9.17, 15) is 13.6 Å². The minimum Gasteiger partial charge on any atom is -0.490 e. The number of halogens is 2. The molecule has 148 valence electrons. The summed E-state index contributed by atoms with van der Waals surface area (Å²) in [6.07, 6.45) is 6.10. The van der Waals surface area contributed by atoms with Crippen molar-refractivity contribution in [3.8, 4) is 16.9 Å². The molecule has 1 amide bonds. The van der Waals surface area contributed by atoms with Gasteiger partial charge in [-0.15, -0.1) is 0 Å². The highest BCUT2D eigenvalue weighted by molar-refractivity contribution is 6.04. The van der Waals surface area contributed by atoms with Crippen molar-refractivity contribution in [1.82, 2.24) is 9.97 Å². The smallest absolute Gasteiger partial charge is 0.258 e. The minimum atomic E-state index is -0.555. The average molecular weight is 395 g/mol. The fourth-order valence-corrected chi connectivity index (χ4v) is 2.98. The molecule has 29 heavy (non-hydrogen) atoms. The SMILES string of the molecule is Cc1cc(NC(=O)c2cncc(F)c2C)ncc1-c1cc(OC2CC2)ccc1F. The Morgan fingerprint density at radius 1 is 1.07 bits per heavy atom. The Hall–Kier alpha value is -3.35. The molecule has 1 aliphatic carbocycles. The summed E-state index contributed by atoms with van der Waals surface area (Å²) >= 11 is 0. The third-order valence-electron chi connectivity index (χ3n) is 4.81. The Bertz CT molecular complexity index is 1100. The van der Waals surface area contributed by atoms with Crippen LogP contribution in [0.3, 0.4) is 0 Å². The summed E-state index contributed by atoms with van der Waals surface area (Å²) in [4.78, 5) is 20.4. The monoisotopic (exact) mass is 395 g/mol. The fraction of sp³-hybridized carbons (Fsp3) is 0.227. The molecule has 1 aromatic carbocycles. The number of nitrogens with zero attached hydrogens (tertiary/aromatic N) is 2. The van der Waals surface area contributed by atoms with E-state index in [0.717, 1.165) is 24.6 Å². The minimum absolute atomic E-state index is 0.129. The van der Waals surface area contributed by atoms with Crippen LogP contribution >= 0.6 is 0 Å². The highest BCUT2D eigenvalue weighted by Gasteiger charge is 2.24. The van der Waals surface area contributed by atoms with Gasteiger partial charge in [-0.25, -0.2) is 13.8 Å². The summed E-state index contributed by atoms with van der Waals surface area (Å²) in [7, 11) is 0. The molecule has 2 heterocycles. The van der Waals surface area contributed by atoms with Gasteiger partial charge in [-0.05, 0) is 56.5 Å².